The first-order valence-corrected chi connectivity index (χ1v) is 9.45. The fourth-order valence-corrected chi connectivity index (χ4v) is 0. The van der Waals surface area contributed by atoms with Gasteiger partial charge >= 0.3 is 40.8 Å². The summed E-state index contributed by atoms with van der Waals surface area (Å²) in [5.41, 5.74) is 0. The van der Waals surface area contributed by atoms with Crippen molar-refractivity contribution < 1.29 is 19.8 Å². The second-order valence-corrected chi connectivity index (χ2v) is 13.6. The van der Waals surface area contributed by atoms with Gasteiger partial charge in [0.25, 0.3) is 0 Å². The first-order valence-electron chi connectivity index (χ1n) is 1.15. The quantitative estimate of drug-likeness (QED) is 0.262. The average molecular weight is 306 g/mol. The zero-order chi connectivity index (χ0) is 6.41. The summed E-state index contributed by atoms with van der Waals surface area (Å²) in [6.45, 7) is 0. The molecule has 14 N–H and O–H groups in total. The molecule has 0 radical (unpaired) electrons. The third-order valence-electron chi connectivity index (χ3n) is 0. The molecule has 0 fully saturated rings. The van der Waals surface area contributed by atoms with E-state index in [4.69, 9.17) is 26.4 Å². The van der Waals surface area contributed by atoms with Crippen molar-refractivity contribution in [3.63, 3.8) is 0 Å². The molecule has 0 saturated heterocycles. The van der Waals surface area contributed by atoms with Crippen LogP contribution in [0.1, 0.15) is 0 Å². The monoisotopic (exact) mass is 307 g/mol. The Hall–Kier alpha value is 0.369. The molecule has 0 heterocycles. The molecule has 0 aliphatic rings. The summed E-state index contributed by atoms with van der Waals surface area (Å²) in [4.78, 5) is 0. The van der Waals surface area contributed by atoms with Gasteiger partial charge in [0.05, 0.1) is 0 Å². The Morgan fingerprint density at radius 1 is 0.625 bits per heavy atom. The van der Waals surface area contributed by atoms with Crippen molar-refractivity contribution in [3.05, 3.63) is 0 Å². The predicted octanol–water partition coefficient (Wildman–Crippen LogP) is -4.37. The zero-order valence-corrected chi connectivity index (χ0v) is 6.69. The zero-order valence-electron chi connectivity index (χ0n) is 4.30. The molecule has 8 heavy (non-hydrogen) atoms. The number of hydrogen-bond donors (Lipinski definition) is 6. The molecule has 0 aliphatic carbocycles. The van der Waals surface area contributed by atoms with Gasteiger partial charge in [-0.05, 0) is 0 Å². The van der Waals surface area contributed by atoms with Crippen molar-refractivity contribution in [1.29, 1.82) is 0 Å². The Morgan fingerprint density at radius 3 is 0.625 bits per heavy atom. The van der Waals surface area contributed by atoms with E-state index in [1.54, 1.807) is 0 Å². The molecule has 8 heteroatoms. The third kappa shape index (κ3) is 1350. The molecule has 0 amide bonds. The van der Waals surface area contributed by atoms with Gasteiger partial charge in [-0.1, -0.05) is 0 Å². The summed E-state index contributed by atoms with van der Waals surface area (Å²) in [5, 5.41) is 0. The van der Waals surface area contributed by atoms with Crippen LogP contribution in [0.3, 0.4) is 0 Å². The summed E-state index contributed by atoms with van der Waals surface area (Å²) >= 11 is -5.17. The van der Waals surface area contributed by atoms with Gasteiger partial charge in [-0.25, -0.2) is 0 Å². The third-order valence-corrected chi connectivity index (χ3v) is 0. The van der Waals surface area contributed by atoms with Crippen LogP contribution in [0, 0.1) is 0 Å². The van der Waals surface area contributed by atoms with Crippen molar-refractivity contribution in [2.45, 2.75) is 0 Å². The molecule has 0 spiro atoms. The molecule has 0 atom stereocenters. The standard InChI is InChI=1S/Ir.6H2N.H2O/h;7*1H2/q+6;6*-1;. The Morgan fingerprint density at radius 2 is 0.625 bits per heavy atom. The van der Waals surface area contributed by atoms with Gasteiger partial charge in [0.2, 0.25) is 0 Å². The van der Waals surface area contributed by atoms with E-state index in [1.165, 1.54) is 0 Å². The van der Waals surface area contributed by atoms with Gasteiger partial charge in [0.15, 0.2) is 0 Å². The van der Waals surface area contributed by atoms with Crippen LogP contribution in [0.4, 0.5) is 0 Å². The number of nitrogens with two attached hydrogens (primary N) is 6. The van der Waals surface area contributed by atoms with Gasteiger partial charge in [-0.2, -0.15) is 0 Å². The molecule has 0 aromatic carbocycles. The maximum atomic E-state index is 4.92. The molecular weight excluding hydrogens is 292 g/mol. The fraction of sp³-hybridized carbons (Fsp3) is 0. The van der Waals surface area contributed by atoms with Crippen LogP contribution in [-0.4, -0.2) is 5.48 Å². The first-order chi connectivity index (χ1) is 2.45. The molecule has 0 aromatic heterocycles. The summed E-state index contributed by atoms with van der Waals surface area (Å²) in [7, 11) is 0. The minimum absolute atomic E-state index is 0. The van der Waals surface area contributed by atoms with Crippen LogP contribution in [0.2, 0.25) is 0 Å². The maximum absolute atomic E-state index is 5.17. The van der Waals surface area contributed by atoms with E-state index in [0.29, 0.717) is 0 Å². The SMILES string of the molecule is O.[NH2][Ir]([NH2])([NH2])([NH2])([NH2])[NH2]. The van der Waals surface area contributed by atoms with Crippen LogP contribution in [0.5, 0.6) is 0 Å². The molecule has 0 bridgehead atoms. The molecular formula is H14IrN6O. The molecule has 0 saturated carbocycles. The Kier molecular flexibility index (Phi) is 1.77. The molecule has 0 rings (SSSR count). The summed E-state index contributed by atoms with van der Waals surface area (Å²) in [6.07, 6.45) is 0. The normalized spacial score (nSPS) is 20.2. The van der Waals surface area contributed by atoms with Gasteiger partial charge in [0.1, 0.15) is 0 Å². The van der Waals surface area contributed by atoms with E-state index >= 15 is 0 Å². The van der Waals surface area contributed by atoms with Crippen LogP contribution in [0.15, 0.2) is 0 Å². The Balaban J connectivity index is 0. The van der Waals surface area contributed by atoms with Gasteiger partial charge < -0.3 is 5.48 Å². The van der Waals surface area contributed by atoms with E-state index < -0.39 is 14.3 Å². The van der Waals surface area contributed by atoms with Crippen molar-refractivity contribution in [3.8, 4) is 0 Å². The molecule has 0 unspecified atom stereocenters. The van der Waals surface area contributed by atoms with Crippen molar-refractivity contribution in [2.75, 3.05) is 0 Å². The number of hydrogen-bond acceptors (Lipinski definition) is 6. The van der Waals surface area contributed by atoms with Crippen molar-refractivity contribution in [2.24, 2.45) is 26.4 Å². The van der Waals surface area contributed by atoms with E-state index in [9.17, 15) is 0 Å². The summed E-state index contributed by atoms with van der Waals surface area (Å²) in [6, 6.07) is 0. The Labute approximate surface area is 46.9 Å². The van der Waals surface area contributed by atoms with Crippen molar-refractivity contribution in [1.82, 2.24) is 0 Å². The molecule has 0 aromatic rings. The van der Waals surface area contributed by atoms with Crippen LogP contribution < -0.4 is 26.4 Å². The molecule has 59 valence electrons. The van der Waals surface area contributed by atoms with Crippen LogP contribution >= 0.6 is 0 Å². The summed E-state index contributed by atoms with van der Waals surface area (Å²) < 4.78 is 29.5. The number of rotatable bonds is 0. The van der Waals surface area contributed by atoms with E-state index in [-0.39, 0.29) is 5.48 Å². The average Bonchev–Trinajstić information content (AvgIpc) is 0.592. The second-order valence-electron chi connectivity index (χ2n) is 1.67. The van der Waals surface area contributed by atoms with E-state index in [0.717, 1.165) is 0 Å². The fourth-order valence-electron chi connectivity index (χ4n) is 0. The van der Waals surface area contributed by atoms with Crippen LogP contribution in [0.25, 0.3) is 0 Å². The van der Waals surface area contributed by atoms with Gasteiger partial charge in [-0.3, -0.25) is 0 Å². The Bertz CT molecular complexity index is 67.1. The summed E-state index contributed by atoms with van der Waals surface area (Å²) in [5.74, 6) is 0. The predicted molar refractivity (Wildman–Crippen MR) is 28.7 cm³/mol. The second kappa shape index (κ2) is 1.27. The topological polar surface area (TPSA) is 188 Å². The van der Waals surface area contributed by atoms with Gasteiger partial charge in [-0.15, -0.1) is 0 Å². The van der Waals surface area contributed by atoms with Crippen LogP contribution in [-0.2, 0) is 14.3 Å². The van der Waals surface area contributed by atoms with Crippen molar-refractivity contribution >= 4 is 0 Å². The molecule has 7 nitrogen and oxygen atoms in total. The van der Waals surface area contributed by atoms with E-state index in [1.807, 2.05) is 0 Å². The van der Waals surface area contributed by atoms with E-state index in [2.05, 4.69) is 0 Å². The molecule has 0 aliphatic heterocycles. The minimum atomic E-state index is -5.17. The van der Waals surface area contributed by atoms with Gasteiger partial charge in [0, 0.05) is 0 Å². The first kappa shape index (κ1) is 11.2.